The van der Waals surface area contributed by atoms with Gasteiger partial charge < -0.3 is 5.32 Å². The molecule has 4 rings (SSSR count). The summed E-state index contributed by atoms with van der Waals surface area (Å²) in [6.07, 6.45) is 1.69. The van der Waals surface area contributed by atoms with Crippen molar-refractivity contribution in [1.82, 2.24) is 20.0 Å². The van der Waals surface area contributed by atoms with Crippen LogP contribution in [0.1, 0.15) is 28.5 Å². The molecule has 1 N–H and O–H groups in total. The van der Waals surface area contributed by atoms with Gasteiger partial charge in [0.25, 0.3) is 22.6 Å². The lowest BCUT2D eigenvalue weighted by atomic mass is 10.1. The first-order chi connectivity index (χ1) is 15.9. The highest BCUT2D eigenvalue weighted by molar-refractivity contribution is 8.18. The van der Waals surface area contributed by atoms with E-state index in [0.29, 0.717) is 22.2 Å². The Balaban J connectivity index is 1.45. The minimum atomic E-state index is -0.476. The van der Waals surface area contributed by atoms with E-state index in [9.17, 15) is 19.2 Å². The summed E-state index contributed by atoms with van der Waals surface area (Å²) in [5.41, 5.74) is 1.80. The zero-order valence-corrected chi connectivity index (χ0v) is 19.0. The molecule has 0 unspecified atom stereocenters. The van der Waals surface area contributed by atoms with Gasteiger partial charge in [-0.25, -0.2) is 4.68 Å². The zero-order valence-electron chi connectivity index (χ0n) is 18.2. The summed E-state index contributed by atoms with van der Waals surface area (Å²) in [6.45, 7) is 4.17. The third-order valence-electron chi connectivity index (χ3n) is 5.25. The molecule has 0 aliphatic carbocycles. The molecule has 2 heterocycles. The number of aryl methyl sites for hydroxylation is 2. The van der Waals surface area contributed by atoms with Gasteiger partial charge in [-0.05, 0) is 43.3 Å². The molecule has 1 fully saturated rings. The average Bonchev–Trinajstić information content (AvgIpc) is 3.08. The van der Waals surface area contributed by atoms with Crippen molar-refractivity contribution in [3.05, 3.63) is 80.6 Å². The van der Waals surface area contributed by atoms with Crippen molar-refractivity contribution in [3.63, 3.8) is 0 Å². The number of carbonyl (C=O) groups excluding carboxylic acids is 3. The molecule has 3 aromatic rings. The number of nitrogens with zero attached hydrogens (tertiary/aromatic N) is 3. The van der Waals surface area contributed by atoms with Crippen LogP contribution in [-0.2, 0) is 11.3 Å². The monoisotopic (exact) mass is 462 g/mol. The molecule has 1 aliphatic rings. The summed E-state index contributed by atoms with van der Waals surface area (Å²) in [4.78, 5) is 51.8. The number of imide groups is 1. The highest BCUT2D eigenvalue weighted by atomic mass is 32.2. The molecule has 0 bridgehead atoms. The van der Waals surface area contributed by atoms with E-state index in [1.807, 2.05) is 31.2 Å². The number of fused-ring (bicyclic) bond motifs is 1. The average molecular weight is 463 g/mol. The number of nitrogens with one attached hydrogen (secondary N) is 1. The lowest BCUT2D eigenvalue weighted by molar-refractivity contribution is -0.122. The molecular weight excluding hydrogens is 440 g/mol. The molecule has 1 saturated heterocycles. The second-order valence-electron chi connectivity index (χ2n) is 7.52. The molecule has 2 aromatic carbocycles. The van der Waals surface area contributed by atoms with E-state index < -0.39 is 5.91 Å². The number of carbonyl (C=O) groups is 3. The van der Waals surface area contributed by atoms with Crippen LogP contribution >= 0.6 is 11.8 Å². The van der Waals surface area contributed by atoms with Gasteiger partial charge in [-0.2, -0.15) is 5.10 Å². The van der Waals surface area contributed by atoms with Gasteiger partial charge in [-0.15, -0.1) is 0 Å². The molecule has 8 nitrogen and oxygen atoms in total. The number of thioether (sulfide) groups is 1. The highest BCUT2D eigenvalue weighted by Gasteiger charge is 2.34. The van der Waals surface area contributed by atoms with Crippen molar-refractivity contribution in [2.24, 2.45) is 0 Å². The first-order valence-electron chi connectivity index (χ1n) is 10.5. The fourth-order valence-electron chi connectivity index (χ4n) is 3.49. The molecule has 3 amide bonds. The van der Waals surface area contributed by atoms with E-state index in [-0.39, 0.29) is 35.5 Å². The Bertz CT molecular complexity index is 1340. The third kappa shape index (κ3) is 4.58. The second-order valence-corrected chi connectivity index (χ2v) is 8.51. The lowest BCUT2D eigenvalue weighted by Gasteiger charge is -2.14. The molecule has 33 heavy (non-hydrogen) atoms. The van der Waals surface area contributed by atoms with Crippen LogP contribution in [0.2, 0.25) is 0 Å². The van der Waals surface area contributed by atoms with Crippen molar-refractivity contribution in [1.29, 1.82) is 0 Å². The third-order valence-corrected chi connectivity index (χ3v) is 6.16. The van der Waals surface area contributed by atoms with E-state index >= 15 is 0 Å². The van der Waals surface area contributed by atoms with Crippen molar-refractivity contribution >= 4 is 45.7 Å². The quantitative estimate of drug-likeness (QED) is 0.565. The maximum absolute atomic E-state index is 12.8. The Hall–Kier alpha value is -3.72. The standard InChI is InChI=1S/C24H22N4O4S/c1-3-28-22(30)18-7-5-4-6-17(18)20(26-28)21(29)25-12-13-27-23(31)19(33-24(27)32)14-16-10-8-15(2)9-11-16/h4-11,14H,3,12-13H2,1-2H3,(H,25,29)/b19-14-. The Morgan fingerprint density at radius 3 is 2.45 bits per heavy atom. The van der Waals surface area contributed by atoms with E-state index in [2.05, 4.69) is 10.4 Å². The fourth-order valence-corrected chi connectivity index (χ4v) is 4.35. The van der Waals surface area contributed by atoms with Gasteiger partial charge in [-0.1, -0.05) is 48.0 Å². The minimum absolute atomic E-state index is 0.0347. The van der Waals surface area contributed by atoms with Crippen molar-refractivity contribution < 1.29 is 14.4 Å². The molecule has 1 aliphatic heterocycles. The normalized spacial score (nSPS) is 15.0. The van der Waals surface area contributed by atoms with Gasteiger partial charge in [0, 0.05) is 25.0 Å². The summed E-state index contributed by atoms with van der Waals surface area (Å²) < 4.78 is 1.24. The van der Waals surface area contributed by atoms with Crippen molar-refractivity contribution in [2.75, 3.05) is 13.1 Å². The van der Waals surface area contributed by atoms with Crippen LogP contribution in [0.25, 0.3) is 16.8 Å². The first-order valence-corrected chi connectivity index (χ1v) is 11.3. The fraction of sp³-hybridized carbons (Fsp3) is 0.208. The van der Waals surface area contributed by atoms with Gasteiger partial charge in [-0.3, -0.25) is 24.1 Å². The van der Waals surface area contributed by atoms with Gasteiger partial charge in [0.1, 0.15) is 0 Å². The number of benzene rings is 2. The Kier molecular flexibility index (Phi) is 6.41. The molecule has 1 aromatic heterocycles. The lowest BCUT2D eigenvalue weighted by Crippen LogP contribution is -2.38. The topological polar surface area (TPSA) is 101 Å². The maximum atomic E-state index is 12.8. The summed E-state index contributed by atoms with van der Waals surface area (Å²) >= 11 is 0.880. The van der Waals surface area contributed by atoms with Crippen LogP contribution in [0, 0.1) is 6.92 Å². The molecule has 0 radical (unpaired) electrons. The highest BCUT2D eigenvalue weighted by Crippen LogP contribution is 2.31. The van der Waals surface area contributed by atoms with Gasteiger partial charge in [0.15, 0.2) is 5.69 Å². The second kappa shape index (κ2) is 9.41. The van der Waals surface area contributed by atoms with Crippen LogP contribution in [0.15, 0.2) is 58.2 Å². The molecular formula is C24H22N4O4S. The Morgan fingerprint density at radius 1 is 1.06 bits per heavy atom. The smallest absolute Gasteiger partial charge is 0.293 e. The number of amides is 3. The van der Waals surface area contributed by atoms with Crippen molar-refractivity contribution in [3.8, 4) is 0 Å². The summed E-state index contributed by atoms with van der Waals surface area (Å²) in [6, 6.07) is 14.4. The Labute approximate surface area is 194 Å². The largest absolute Gasteiger partial charge is 0.349 e. The number of hydrogen-bond acceptors (Lipinski definition) is 6. The van der Waals surface area contributed by atoms with Crippen LogP contribution in [0.4, 0.5) is 4.79 Å². The van der Waals surface area contributed by atoms with Gasteiger partial charge >= 0.3 is 0 Å². The van der Waals surface area contributed by atoms with Gasteiger partial charge in [0.2, 0.25) is 0 Å². The molecule has 0 atom stereocenters. The minimum Gasteiger partial charge on any atom is -0.349 e. The first kappa shape index (κ1) is 22.5. The summed E-state index contributed by atoms with van der Waals surface area (Å²) in [5, 5.41) is 7.39. The number of aromatic nitrogens is 2. The van der Waals surface area contributed by atoms with E-state index in [4.69, 9.17) is 0 Å². The summed E-state index contributed by atoms with van der Waals surface area (Å²) in [7, 11) is 0. The molecule has 168 valence electrons. The predicted molar refractivity (Wildman–Crippen MR) is 128 cm³/mol. The maximum Gasteiger partial charge on any atom is 0.293 e. The van der Waals surface area contributed by atoms with Crippen LogP contribution in [0.5, 0.6) is 0 Å². The van der Waals surface area contributed by atoms with Crippen LogP contribution in [0.3, 0.4) is 0 Å². The van der Waals surface area contributed by atoms with E-state index in [1.165, 1.54) is 4.68 Å². The number of rotatable bonds is 6. The van der Waals surface area contributed by atoms with E-state index in [0.717, 1.165) is 27.8 Å². The summed E-state index contributed by atoms with van der Waals surface area (Å²) in [5.74, 6) is -0.862. The van der Waals surface area contributed by atoms with Crippen molar-refractivity contribution in [2.45, 2.75) is 20.4 Å². The SMILES string of the molecule is CCn1nc(C(=O)NCCN2C(=O)S/C(=C\c3ccc(C)cc3)C2=O)c2ccccc2c1=O. The predicted octanol–water partition coefficient (Wildman–Crippen LogP) is 3.19. The van der Waals surface area contributed by atoms with Gasteiger partial charge in [0.05, 0.1) is 10.3 Å². The van der Waals surface area contributed by atoms with Crippen LogP contribution in [-0.4, -0.2) is 44.8 Å². The Morgan fingerprint density at radius 2 is 1.76 bits per heavy atom. The molecule has 9 heteroatoms. The van der Waals surface area contributed by atoms with E-state index in [1.54, 1.807) is 37.3 Å². The zero-order chi connectivity index (χ0) is 23.5. The van der Waals surface area contributed by atoms with Crippen LogP contribution < -0.4 is 10.9 Å². The number of hydrogen-bond donors (Lipinski definition) is 1. The molecule has 0 saturated carbocycles. The molecule has 0 spiro atoms.